The number of hydrogen-bond acceptors (Lipinski definition) is 8. The molecule has 300 valence electrons. The molecule has 10 heteroatoms. The van der Waals surface area contributed by atoms with Gasteiger partial charge in [-0.05, 0) is 72.9 Å². The van der Waals surface area contributed by atoms with Gasteiger partial charge in [-0.15, -0.1) is 13.2 Å². The lowest BCUT2D eigenvalue weighted by Gasteiger charge is -2.23. The van der Waals surface area contributed by atoms with E-state index in [0.29, 0.717) is 31.6 Å². The third-order valence-electron chi connectivity index (χ3n) is 9.33. The van der Waals surface area contributed by atoms with Crippen molar-refractivity contribution in [2.75, 3.05) is 13.2 Å². The maximum Gasteiger partial charge on any atom is 0.332 e. The van der Waals surface area contributed by atoms with Gasteiger partial charge in [0.1, 0.15) is 25.6 Å². The summed E-state index contributed by atoms with van der Waals surface area (Å²) in [4.78, 5) is 53.9. The first-order valence-corrected chi connectivity index (χ1v) is 19.4. The van der Waals surface area contributed by atoms with Crippen molar-refractivity contribution in [1.82, 2.24) is 10.6 Å². The summed E-state index contributed by atoms with van der Waals surface area (Å²) < 4.78 is 17.1. The molecule has 3 N–H and O–H groups in total. The minimum Gasteiger partial charge on any atom is -0.489 e. The lowest BCUT2D eigenvalue weighted by atomic mass is 9.94. The molecule has 0 aliphatic carbocycles. The first kappa shape index (κ1) is 43.7. The largest absolute Gasteiger partial charge is 0.489 e. The topological polar surface area (TPSA) is 140 Å². The average Bonchev–Trinajstić information content (AvgIpc) is 3.24. The fourth-order valence-corrected chi connectivity index (χ4v) is 6.18. The van der Waals surface area contributed by atoms with E-state index in [1.165, 1.54) is 6.08 Å². The molecular formula is C47H54N2O8. The number of hydrogen-bond donors (Lipinski definition) is 3. The number of nitrogens with one attached hydrogen (secondary N) is 2. The molecule has 0 saturated heterocycles. The SMILES string of the molecule is C=CCCC[C@H](Cc1ccccc1)C(=O)OC[C@@H](NC(=O)[C@H](CC=C)CC(=O)N[C@H](CO)Cc1ccc(OCc2ccccc2)cc1)C(=O)OCc1ccccc1. The Morgan fingerprint density at radius 3 is 1.84 bits per heavy atom. The highest BCUT2D eigenvalue weighted by atomic mass is 16.6. The smallest absolute Gasteiger partial charge is 0.332 e. The molecule has 0 aliphatic rings. The van der Waals surface area contributed by atoms with Crippen LogP contribution in [0.3, 0.4) is 0 Å². The molecule has 0 saturated carbocycles. The van der Waals surface area contributed by atoms with Crippen LogP contribution < -0.4 is 15.4 Å². The molecule has 0 radical (unpaired) electrons. The molecule has 4 atom stereocenters. The Morgan fingerprint density at radius 2 is 1.25 bits per heavy atom. The number of aliphatic hydroxyl groups excluding tert-OH is 1. The molecule has 4 rings (SSSR count). The summed E-state index contributed by atoms with van der Waals surface area (Å²) in [5, 5.41) is 15.6. The van der Waals surface area contributed by atoms with Crippen molar-refractivity contribution in [2.24, 2.45) is 11.8 Å². The molecule has 2 amide bonds. The van der Waals surface area contributed by atoms with E-state index in [-0.39, 0.29) is 26.1 Å². The van der Waals surface area contributed by atoms with E-state index in [2.05, 4.69) is 23.8 Å². The van der Waals surface area contributed by atoms with Gasteiger partial charge in [0, 0.05) is 6.42 Å². The number of carbonyl (C=O) groups excluding carboxylic acids is 4. The van der Waals surface area contributed by atoms with Crippen molar-refractivity contribution in [1.29, 1.82) is 0 Å². The minimum atomic E-state index is -1.34. The first-order valence-electron chi connectivity index (χ1n) is 19.4. The number of benzene rings is 4. The van der Waals surface area contributed by atoms with Crippen LogP contribution in [0.5, 0.6) is 5.75 Å². The van der Waals surface area contributed by atoms with E-state index in [1.807, 2.05) is 103 Å². The number of ether oxygens (including phenoxy) is 3. The summed E-state index contributed by atoms with van der Waals surface area (Å²) in [6.07, 6.45) is 6.01. The molecule has 0 bridgehead atoms. The molecule has 0 spiro atoms. The Bertz CT molecular complexity index is 1830. The monoisotopic (exact) mass is 774 g/mol. The van der Waals surface area contributed by atoms with E-state index in [4.69, 9.17) is 14.2 Å². The van der Waals surface area contributed by atoms with Crippen molar-refractivity contribution < 1.29 is 38.5 Å². The molecular weight excluding hydrogens is 721 g/mol. The summed E-state index contributed by atoms with van der Waals surface area (Å²) in [6.45, 7) is 7.12. The minimum absolute atomic E-state index is 0.0529. The first-order chi connectivity index (χ1) is 27.8. The summed E-state index contributed by atoms with van der Waals surface area (Å²) in [6, 6.07) is 34.0. The van der Waals surface area contributed by atoms with Gasteiger partial charge in [0.05, 0.1) is 24.5 Å². The molecule has 10 nitrogen and oxygen atoms in total. The fraction of sp³-hybridized carbons (Fsp3) is 0.319. The van der Waals surface area contributed by atoms with Crippen LogP contribution in [0.25, 0.3) is 0 Å². The van der Waals surface area contributed by atoms with Gasteiger partial charge in [-0.1, -0.05) is 115 Å². The Morgan fingerprint density at radius 1 is 0.649 bits per heavy atom. The molecule has 4 aromatic rings. The predicted molar refractivity (Wildman–Crippen MR) is 220 cm³/mol. The van der Waals surface area contributed by atoms with Crippen molar-refractivity contribution in [3.63, 3.8) is 0 Å². The number of unbranched alkanes of at least 4 members (excludes halogenated alkanes) is 1. The summed E-state index contributed by atoms with van der Waals surface area (Å²) in [5.41, 5.74) is 3.64. The van der Waals surface area contributed by atoms with Crippen LogP contribution in [-0.2, 0) is 54.7 Å². The second-order valence-corrected chi connectivity index (χ2v) is 13.9. The number of amides is 2. The Hall–Kier alpha value is -6.00. The average molecular weight is 775 g/mol. The highest BCUT2D eigenvalue weighted by Crippen LogP contribution is 2.19. The highest BCUT2D eigenvalue weighted by Gasteiger charge is 2.30. The third kappa shape index (κ3) is 15.9. The lowest BCUT2D eigenvalue weighted by Crippen LogP contribution is -2.48. The standard InChI is InChI=1S/C47H54N2O8/c1-3-5-9-23-40(28-35-17-10-6-11-18-35)46(53)57-34-43(47(54)56-33-38-21-14-8-15-22-38)49-45(52)39(16-4-2)30-44(51)48-41(31-50)29-36-24-26-42(27-25-36)55-32-37-19-12-7-13-20-37/h3-4,6-8,10-15,17-22,24-27,39-41,43,50H,1-2,5,9,16,23,28-34H2,(H,48,51)(H,49,52)/t39-,40-,41+,43-/m1/s1. The van der Waals surface area contributed by atoms with E-state index < -0.39 is 54.3 Å². The zero-order valence-corrected chi connectivity index (χ0v) is 32.4. The molecule has 0 aliphatic heterocycles. The number of allylic oxidation sites excluding steroid dienone is 2. The van der Waals surface area contributed by atoms with Gasteiger partial charge in [-0.3, -0.25) is 14.4 Å². The predicted octanol–water partition coefficient (Wildman–Crippen LogP) is 6.85. The molecule has 4 aromatic carbocycles. The van der Waals surface area contributed by atoms with Crippen LogP contribution >= 0.6 is 0 Å². The molecule has 0 heterocycles. The van der Waals surface area contributed by atoms with E-state index in [1.54, 1.807) is 18.2 Å². The van der Waals surface area contributed by atoms with Crippen LogP contribution in [0.2, 0.25) is 0 Å². The zero-order valence-electron chi connectivity index (χ0n) is 32.4. The Balaban J connectivity index is 1.37. The van der Waals surface area contributed by atoms with Crippen molar-refractivity contribution in [2.45, 2.75) is 70.2 Å². The van der Waals surface area contributed by atoms with Crippen LogP contribution in [0, 0.1) is 11.8 Å². The van der Waals surface area contributed by atoms with Gasteiger partial charge < -0.3 is 30.0 Å². The maximum absolute atomic E-state index is 13.7. The van der Waals surface area contributed by atoms with Gasteiger partial charge >= 0.3 is 11.9 Å². The number of carbonyl (C=O) groups is 4. The second-order valence-electron chi connectivity index (χ2n) is 13.9. The van der Waals surface area contributed by atoms with E-state index in [0.717, 1.165) is 35.1 Å². The molecule has 0 aromatic heterocycles. The number of aliphatic hydroxyl groups is 1. The van der Waals surface area contributed by atoms with Gasteiger partial charge in [0.25, 0.3) is 0 Å². The van der Waals surface area contributed by atoms with Crippen LogP contribution in [0.1, 0.15) is 54.4 Å². The molecule has 0 fully saturated rings. The molecule has 0 unspecified atom stereocenters. The zero-order chi connectivity index (χ0) is 40.7. The normalized spacial score (nSPS) is 12.9. The molecule has 57 heavy (non-hydrogen) atoms. The second kappa shape index (κ2) is 24.5. The summed E-state index contributed by atoms with van der Waals surface area (Å²) in [5.74, 6) is -3.05. The van der Waals surface area contributed by atoms with Crippen LogP contribution in [0.15, 0.2) is 141 Å². The van der Waals surface area contributed by atoms with Crippen LogP contribution in [0.4, 0.5) is 0 Å². The summed E-state index contributed by atoms with van der Waals surface area (Å²) >= 11 is 0. The quantitative estimate of drug-likeness (QED) is 0.0378. The van der Waals surface area contributed by atoms with Gasteiger partial charge in [0.15, 0.2) is 6.04 Å². The van der Waals surface area contributed by atoms with Gasteiger partial charge in [0.2, 0.25) is 11.8 Å². The Kier molecular flexibility index (Phi) is 18.8. The third-order valence-corrected chi connectivity index (χ3v) is 9.33. The van der Waals surface area contributed by atoms with Crippen LogP contribution in [-0.4, -0.2) is 54.2 Å². The van der Waals surface area contributed by atoms with E-state index in [9.17, 15) is 24.3 Å². The maximum atomic E-state index is 13.7. The van der Waals surface area contributed by atoms with Gasteiger partial charge in [-0.25, -0.2) is 4.79 Å². The highest BCUT2D eigenvalue weighted by molar-refractivity contribution is 5.89. The number of rotatable bonds is 25. The van der Waals surface area contributed by atoms with Crippen molar-refractivity contribution >= 4 is 23.8 Å². The fourth-order valence-electron chi connectivity index (χ4n) is 6.18. The van der Waals surface area contributed by atoms with Gasteiger partial charge in [-0.2, -0.15) is 0 Å². The lowest BCUT2D eigenvalue weighted by molar-refractivity contribution is -0.157. The summed E-state index contributed by atoms with van der Waals surface area (Å²) in [7, 11) is 0. The number of esters is 2. The van der Waals surface area contributed by atoms with Crippen molar-refractivity contribution in [3.8, 4) is 5.75 Å². The van der Waals surface area contributed by atoms with Crippen molar-refractivity contribution in [3.05, 3.63) is 163 Å². The Labute approximate surface area is 335 Å². The van der Waals surface area contributed by atoms with E-state index >= 15 is 0 Å².